The maximum atomic E-state index is 11.9. The smallest absolute Gasteiger partial charge is 0.220 e. The van der Waals surface area contributed by atoms with Crippen molar-refractivity contribution in [2.75, 3.05) is 20.2 Å². The van der Waals surface area contributed by atoms with E-state index in [0.29, 0.717) is 19.4 Å². The molecule has 110 valence electrons. The van der Waals surface area contributed by atoms with E-state index < -0.39 is 6.10 Å². The Balaban J connectivity index is 1.82. The van der Waals surface area contributed by atoms with Crippen LogP contribution >= 0.6 is 0 Å². The third-order valence-electron chi connectivity index (χ3n) is 3.61. The third-order valence-corrected chi connectivity index (χ3v) is 3.61. The van der Waals surface area contributed by atoms with Gasteiger partial charge in [0.05, 0.1) is 19.3 Å². The van der Waals surface area contributed by atoms with E-state index in [1.54, 1.807) is 7.11 Å². The maximum absolute atomic E-state index is 11.9. The normalized spacial score (nSPS) is 22.3. The summed E-state index contributed by atoms with van der Waals surface area (Å²) in [5.41, 5.74) is 1.02. The van der Waals surface area contributed by atoms with Crippen molar-refractivity contribution < 1.29 is 14.6 Å². The Labute approximate surface area is 119 Å². The van der Waals surface area contributed by atoms with Crippen molar-refractivity contribution in [1.82, 2.24) is 10.6 Å². The van der Waals surface area contributed by atoms with Crippen molar-refractivity contribution in [3.8, 4) is 5.75 Å². The molecule has 1 fully saturated rings. The minimum atomic E-state index is -0.501. The Morgan fingerprint density at radius 3 is 3.05 bits per heavy atom. The van der Waals surface area contributed by atoms with Gasteiger partial charge in [0.1, 0.15) is 5.75 Å². The minimum absolute atomic E-state index is 0.0261. The first-order valence-corrected chi connectivity index (χ1v) is 7.00. The first-order valence-electron chi connectivity index (χ1n) is 7.00. The van der Waals surface area contributed by atoms with Crippen LogP contribution in [0.25, 0.3) is 0 Å². The predicted molar refractivity (Wildman–Crippen MR) is 76.7 cm³/mol. The molecule has 0 aliphatic carbocycles. The van der Waals surface area contributed by atoms with Gasteiger partial charge in [0.15, 0.2) is 0 Å². The number of carbonyl (C=O) groups is 1. The molecule has 20 heavy (non-hydrogen) atoms. The molecule has 5 heteroatoms. The molecule has 1 saturated heterocycles. The van der Waals surface area contributed by atoms with Crippen LogP contribution in [0.4, 0.5) is 0 Å². The van der Waals surface area contributed by atoms with Gasteiger partial charge >= 0.3 is 0 Å². The fourth-order valence-corrected chi connectivity index (χ4v) is 2.45. The van der Waals surface area contributed by atoms with Crippen LogP contribution in [0.1, 0.15) is 18.4 Å². The quantitative estimate of drug-likeness (QED) is 0.732. The highest BCUT2D eigenvalue weighted by molar-refractivity contribution is 5.76. The van der Waals surface area contributed by atoms with Crippen LogP contribution in [-0.2, 0) is 11.2 Å². The SMILES string of the molecule is COc1ccccc1CCC(=O)NC1CCNCC1O. The molecule has 2 rings (SSSR count). The topological polar surface area (TPSA) is 70.6 Å². The zero-order valence-corrected chi connectivity index (χ0v) is 11.8. The number of β-amino-alcohol motifs (C(OH)–C–C–N with tert-alkyl or cyclic N) is 1. The summed E-state index contributed by atoms with van der Waals surface area (Å²) in [5, 5.41) is 15.8. The number of benzene rings is 1. The van der Waals surface area contributed by atoms with Crippen LogP contribution in [-0.4, -0.2) is 43.4 Å². The van der Waals surface area contributed by atoms with Gasteiger partial charge in [-0.2, -0.15) is 0 Å². The second kappa shape index (κ2) is 7.26. The van der Waals surface area contributed by atoms with Crippen LogP contribution in [0.3, 0.4) is 0 Å². The van der Waals surface area contributed by atoms with E-state index in [9.17, 15) is 9.90 Å². The summed E-state index contributed by atoms with van der Waals surface area (Å²) in [6, 6.07) is 7.57. The van der Waals surface area contributed by atoms with Gasteiger partial charge in [0, 0.05) is 13.0 Å². The molecule has 1 aromatic rings. The summed E-state index contributed by atoms with van der Waals surface area (Å²) in [6.45, 7) is 1.37. The van der Waals surface area contributed by atoms with Crippen molar-refractivity contribution in [3.05, 3.63) is 29.8 Å². The number of methoxy groups -OCH3 is 1. The number of ether oxygens (including phenoxy) is 1. The van der Waals surface area contributed by atoms with E-state index in [1.807, 2.05) is 24.3 Å². The summed E-state index contributed by atoms with van der Waals surface area (Å²) in [7, 11) is 1.63. The lowest BCUT2D eigenvalue weighted by Crippen LogP contribution is -2.52. The number of rotatable bonds is 5. The van der Waals surface area contributed by atoms with Crippen LogP contribution < -0.4 is 15.4 Å². The van der Waals surface area contributed by atoms with Crippen molar-refractivity contribution >= 4 is 5.91 Å². The molecule has 1 aliphatic rings. The summed E-state index contributed by atoms with van der Waals surface area (Å²) in [5.74, 6) is 0.782. The van der Waals surface area contributed by atoms with Crippen LogP contribution in [0.2, 0.25) is 0 Å². The van der Waals surface area contributed by atoms with E-state index in [1.165, 1.54) is 0 Å². The summed E-state index contributed by atoms with van der Waals surface area (Å²) >= 11 is 0. The van der Waals surface area contributed by atoms with Crippen molar-refractivity contribution in [1.29, 1.82) is 0 Å². The predicted octanol–water partition coefficient (Wildman–Crippen LogP) is 0.467. The number of para-hydroxylation sites is 1. The molecular weight excluding hydrogens is 256 g/mol. The van der Waals surface area contributed by atoms with Crippen LogP contribution in [0, 0.1) is 0 Å². The molecule has 2 unspecified atom stereocenters. The molecule has 3 N–H and O–H groups in total. The van der Waals surface area contributed by atoms with Crippen molar-refractivity contribution in [2.45, 2.75) is 31.4 Å². The average Bonchev–Trinajstić information content (AvgIpc) is 2.48. The lowest BCUT2D eigenvalue weighted by atomic mass is 10.0. The number of hydrogen-bond acceptors (Lipinski definition) is 4. The molecule has 5 nitrogen and oxygen atoms in total. The Hall–Kier alpha value is -1.59. The summed E-state index contributed by atoms with van der Waals surface area (Å²) in [4.78, 5) is 11.9. The van der Waals surface area contributed by atoms with Gasteiger partial charge in [-0.25, -0.2) is 0 Å². The Kier molecular flexibility index (Phi) is 5.38. The molecule has 2 atom stereocenters. The summed E-state index contributed by atoms with van der Waals surface area (Å²) in [6.07, 6.45) is 1.30. The highest BCUT2D eigenvalue weighted by Gasteiger charge is 2.24. The second-order valence-electron chi connectivity index (χ2n) is 5.05. The van der Waals surface area contributed by atoms with Gasteiger partial charge in [0.2, 0.25) is 5.91 Å². The number of hydrogen-bond donors (Lipinski definition) is 3. The van der Waals surface area contributed by atoms with E-state index in [0.717, 1.165) is 24.3 Å². The number of nitrogens with one attached hydrogen (secondary N) is 2. The number of piperidine rings is 1. The lowest BCUT2D eigenvalue weighted by Gasteiger charge is -2.29. The molecule has 1 heterocycles. The molecule has 0 aromatic heterocycles. The maximum Gasteiger partial charge on any atom is 0.220 e. The molecule has 1 aromatic carbocycles. The fourth-order valence-electron chi connectivity index (χ4n) is 2.45. The molecule has 1 aliphatic heterocycles. The standard InChI is InChI=1S/C15H22N2O3/c1-20-14-5-3-2-4-11(14)6-7-15(19)17-12-8-9-16-10-13(12)18/h2-5,12-13,16,18H,6-10H2,1H3,(H,17,19). The monoisotopic (exact) mass is 278 g/mol. The Morgan fingerprint density at radius 1 is 1.50 bits per heavy atom. The van der Waals surface area contributed by atoms with Gasteiger partial charge in [-0.3, -0.25) is 4.79 Å². The Bertz CT molecular complexity index is 450. The number of amides is 1. The average molecular weight is 278 g/mol. The Morgan fingerprint density at radius 2 is 2.30 bits per heavy atom. The number of aliphatic hydroxyl groups excluding tert-OH is 1. The van der Waals surface area contributed by atoms with E-state index in [2.05, 4.69) is 10.6 Å². The number of aliphatic hydroxyl groups is 1. The highest BCUT2D eigenvalue weighted by Crippen LogP contribution is 2.18. The van der Waals surface area contributed by atoms with E-state index in [-0.39, 0.29) is 11.9 Å². The van der Waals surface area contributed by atoms with Crippen molar-refractivity contribution in [2.24, 2.45) is 0 Å². The minimum Gasteiger partial charge on any atom is -0.496 e. The summed E-state index contributed by atoms with van der Waals surface area (Å²) < 4.78 is 5.26. The largest absolute Gasteiger partial charge is 0.496 e. The van der Waals surface area contributed by atoms with Crippen LogP contribution in [0.15, 0.2) is 24.3 Å². The number of carbonyl (C=O) groups excluding carboxylic acids is 1. The first-order chi connectivity index (χ1) is 9.70. The zero-order chi connectivity index (χ0) is 14.4. The second-order valence-corrected chi connectivity index (χ2v) is 5.05. The zero-order valence-electron chi connectivity index (χ0n) is 11.8. The molecule has 0 saturated carbocycles. The molecule has 0 spiro atoms. The van der Waals surface area contributed by atoms with Crippen LogP contribution in [0.5, 0.6) is 5.75 Å². The van der Waals surface area contributed by atoms with E-state index in [4.69, 9.17) is 4.74 Å². The van der Waals surface area contributed by atoms with E-state index >= 15 is 0 Å². The molecule has 0 radical (unpaired) electrons. The van der Waals surface area contributed by atoms with Gasteiger partial charge in [-0.1, -0.05) is 18.2 Å². The fraction of sp³-hybridized carbons (Fsp3) is 0.533. The molecular formula is C15H22N2O3. The number of aryl methyl sites for hydroxylation is 1. The third kappa shape index (κ3) is 3.95. The first kappa shape index (κ1) is 14.8. The lowest BCUT2D eigenvalue weighted by molar-refractivity contribution is -0.122. The van der Waals surface area contributed by atoms with Gasteiger partial charge in [-0.15, -0.1) is 0 Å². The van der Waals surface area contributed by atoms with Crippen molar-refractivity contribution in [3.63, 3.8) is 0 Å². The van der Waals surface area contributed by atoms with Gasteiger partial charge in [-0.05, 0) is 31.0 Å². The molecule has 0 bridgehead atoms. The highest BCUT2D eigenvalue weighted by atomic mass is 16.5. The van der Waals surface area contributed by atoms with Gasteiger partial charge in [0.25, 0.3) is 0 Å². The molecule has 1 amide bonds. The van der Waals surface area contributed by atoms with Gasteiger partial charge < -0.3 is 20.5 Å².